The van der Waals surface area contributed by atoms with Crippen molar-refractivity contribution in [3.05, 3.63) is 35.5 Å². The van der Waals surface area contributed by atoms with Crippen LogP contribution in [0.3, 0.4) is 0 Å². The molecular formula is C29H48O2. The van der Waals surface area contributed by atoms with Gasteiger partial charge in [0.15, 0.2) is 5.79 Å². The highest BCUT2D eigenvalue weighted by molar-refractivity contribution is 5.39. The summed E-state index contributed by atoms with van der Waals surface area (Å²) in [6, 6.07) is 0. The van der Waals surface area contributed by atoms with E-state index >= 15 is 0 Å². The molecule has 2 N–H and O–H groups in total. The Hall–Kier alpha value is -0.860. The minimum absolute atomic E-state index is 0.0903. The maximum absolute atomic E-state index is 10.5. The van der Waals surface area contributed by atoms with E-state index in [0.717, 1.165) is 28.9 Å². The van der Waals surface area contributed by atoms with Crippen LogP contribution in [0, 0.1) is 40.9 Å². The van der Waals surface area contributed by atoms with Crippen LogP contribution in [0.2, 0.25) is 0 Å². The van der Waals surface area contributed by atoms with E-state index in [-0.39, 0.29) is 11.8 Å². The molecule has 2 unspecified atom stereocenters. The summed E-state index contributed by atoms with van der Waals surface area (Å²) in [4.78, 5) is 0. The Kier molecular flexibility index (Phi) is 7.64. The highest BCUT2D eigenvalue weighted by atomic mass is 16.5. The average Bonchev–Trinajstić information content (AvgIpc) is 3.05. The molecule has 0 amide bonds. The highest BCUT2D eigenvalue weighted by Gasteiger charge is 2.50. The topological polar surface area (TPSA) is 40.5 Å². The molecule has 3 fully saturated rings. The zero-order chi connectivity index (χ0) is 23.0. The van der Waals surface area contributed by atoms with Crippen molar-refractivity contribution in [3.63, 3.8) is 0 Å². The van der Waals surface area contributed by atoms with Gasteiger partial charge in [-0.1, -0.05) is 85.1 Å². The predicted octanol–water partition coefficient (Wildman–Crippen LogP) is 7.43. The van der Waals surface area contributed by atoms with Crippen molar-refractivity contribution in [2.24, 2.45) is 40.9 Å². The normalized spacial score (nSPS) is 39.3. The predicted molar refractivity (Wildman–Crippen MR) is 131 cm³/mol. The minimum Gasteiger partial charge on any atom is -0.365 e. The molecule has 0 aliphatic heterocycles. The Bertz CT molecular complexity index is 712. The zero-order valence-electron chi connectivity index (χ0n) is 21.1. The van der Waals surface area contributed by atoms with Gasteiger partial charge in [0.05, 0.1) is 0 Å². The van der Waals surface area contributed by atoms with Crippen molar-refractivity contribution in [1.82, 2.24) is 0 Å². The van der Waals surface area contributed by atoms with Gasteiger partial charge in [0.25, 0.3) is 0 Å². The van der Waals surface area contributed by atoms with Crippen LogP contribution in [0.25, 0.3) is 0 Å². The van der Waals surface area contributed by atoms with Crippen LogP contribution >= 0.6 is 0 Å². The summed E-state index contributed by atoms with van der Waals surface area (Å²) in [5.41, 5.74) is 4.12. The van der Waals surface area contributed by atoms with E-state index < -0.39 is 5.79 Å². The molecule has 3 aliphatic rings. The smallest absolute Gasteiger partial charge is 0.169 e. The van der Waals surface area contributed by atoms with Crippen LogP contribution < -0.4 is 0 Å². The molecule has 0 heterocycles. The lowest BCUT2D eigenvalue weighted by Gasteiger charge is -2.44. The second kappa shape index (κ2) is 9.56. The summed E-state index contributed by atoms with van der Waals surface area (Å²) in [5, 5.41) is 21.0. The molecular weight excluding hydrogens is 380 g/mol. The Morgan fingerprint density at radius 2 is 1.81 bits per heavy atom. The number of hydrogen-bond acceptors (Lipinski definition) is 2. The Balaban J connectivity index is 1.75. The van der Waals surface area contributed by atoms with Gasteiger partial charge in [0.1, 0.15) is 0 Å². The van der Waals surface area contributed by atoms with Gasteiger partial charge in [-0.2, -0.15) is 0 Å². The van der Waals surface area contributed by atoms with Crippen LogP contribution in [-0.2, 0) is 0 Å². The summed E-state index contributed by atoms with van der Waals surface area (Å²) >= 11 is 0. The molecule has 3 aliphatic carbocycles. The fourth-order valence-corrected chi connectivity index (χ4v) is 7.19. The molecule has 2 nitrogen and oxygen atoms in total. The SMILES string of the molecule is C=C1/C(=C/C=C2\CCC[C@]3(C)[C@@H]([C@H](C)CCCC(C)C)CC[C@@H]23)CC(O)(O)C(C)C1C. The first-order valence-corrected chi connectivity index (χ1v) is 13.0. The summed E-state index contributed by atoms with van der Waals surface area (Å²) in [5.74, 6) is 1.44. The Labute approximate surface area is 191 Å². The average molecular weight is 429 g/mol. The monoisotopic (exact) mass is 428 g/mol. The van der Waals surface area contributed by atoms with E-state index in [4.69, 9.17) is 0 Å². The van der Waals surface area contributed by atoms with Gasteiger partial charge in [-0.25, -0.2) is 0 Å². The maximum Gasteiger partial charge on any atom is 0.169 e. The first-order valence-electron chi connectivity index (χ1n) is 13.0. The number of hydrogen-bond donors (Lipinski definition) is 2. The first kappa shape index (κ1) is 24.8. The lowest BCUT2D eigenvalue weighted by Crippen LogP contribution is -2.44. The van der Waals surface area contributed by atoms with Gasteiger partial charge in [-0.15, -0.1) is 0 Å². The van der Waals surface area contributed by atoms with Crippen molar-refractivity contribution < 1.29 is 10.2 Å². The number of aliphatic hydroxyl groups is 2. The van der Waals surface area contributed by atoms with Crippen LogP contribution in [0.5, 0.6) is 0 Å². The van der Waals surface area contributed by atoms with Crippen LogP contribution in [0.1, 0.15) is 99.3 Å². The maximum atomic E-state index is 10.5. The second-order valence-corrected chi connectivity index (χ2v) is 12.0. The summed E-state index contributed by atoms with van der Waals surface area (Å²) in [6.45, 7) is 18.0. The van der Waals surface area contributed by atoms with Crippen LogP contribution in [0.4, 0.5) is 0 Å². The van der Waals surface area contributed by atoms with E-state index in [1.54, 1.807) is 5.57 Å². The Morgan fingerprint density at radius 1 is 1.10 bits per heavy atom. The van der Waals surface area contributed by atoms with Crippen molar-refractivity contribution in [2.75, 3.05) is 0 Å². The molecule has 0 aromatic heterocycles. The first-order chi connectivity index (χ1) is 14.5. The Morgan fingerprint density at radius 3 is 2.48 bits per heavy atom. The largest absolute Gasteiger partial charge is 0.365 e. The molecule has 3 saturated carbocycles. The van der Waals surface area contributed by atoms with E-state index in [1.165, 1.54) is 51.4 Å². The molecule has 2 heteroatoms. The molecule has 0 aromatic carbocycles. The molecule has 0 aromatic rings. The van der Waals surface area contributed by atoms with Crippen molar-refractivity contribution >= 4 is 0 Å². The van der Waals surface area contributed by atoms with E-state index in [9.17, 15) is 10.2 Å². The van der Waals surface area contributed by atoms with E-state index in [1.807, 2.05) is 6.92 Å². The van der Waals surface area contributed by atoms with E-state index in [0.29, 0.717) is 17.8 Å². The highest BCUT2D eigenvalue weighted by Crippen LogP contribution is 2.60. The fourth-order valence-electron chi connectivity index (χ4n) is 7.19. The molecule has 176 valence electrons. The molecule has 0 bridgehead atoms. The van der Waals surface area contributed by atoms with Gasteiger partial charge in [-0.3, -0.25) is 0 Å². The molecule has 0 radical (unpaired) electrons. The number of allylic oxidation sites excluding steroid dienone is 4. The standard InChI is InChI=1S/C29H48O2/c1-19(2)10-8-11-20(3)26-15-16-27-24(12-9-17-28(26,27)7)13-14-25-18-29(30,31)23(6)21(4)22(25)5/h13-14,19-21,23,26-27,30-31H,5,8-12,15-18H2,1-4,6-7H3/b24-13+,25-14+/t20-,21?,23?,26-,27+,28-/m1/s1. The number of fused-ring (bicyclic) bond motifs is 1. The van der Waals surface area contributed by atoms with Gasteiger partial charge < -0.3 is 10.2 Å². The summed E-state index contributed by atoms with van der Waals surface area (Å²) < 4.78 is 0. The fraction of sp³-hybridized carbons (Fsp3) is 0.793. The number of rotatable bonds is 6. The second-order valence-electron chi connectivity index (χ2n) is 12.0. The van der Waals surface area contributed by atoms with Crippen molar-refractivity contribution in [3.8, 4) is 0 Å². The van der Waals surface area contributed by atoms with Crippen LogP contribution in [0.15, 0.2) is 35.5 Å². The quantitative estimate of drug-likeness (QED) is 0.432. The lowest BCUT2D eigenvalue weighted by molar-refractivity contribution is -0.207. The molecule has 31 heavy (non-hydrogen) atoms. The third-order valence-electron chi connectivity index (χ3n) is 9.56. The van der Waals surface area contributed by atoms with E-state index in [2.05, 4.69) is 53.3 Å². The molecule has 0 spiro atoms. The molecule has 6 atom stereocenters. The third-order valence-corrected chi connectivity index (χ3v) is 9.56. The van der Waals surface area contributed by atoms with Crippen molar-refractivity contribution in [1.29, 1.82) is 0 Å². The van der Waals surface area contributed by atoms with Gasteiger partial charge in [0, 0.05) is 12.3 Å². The minimum atomic E-state index is -1.63. The van der Waals surface area contributed by atoms with Gasteiger partial charge in [-0.05, 0) is 78.3 Å². The molecule has 3 rings (SSSR count). The van der Waals surface area contributed by atoms with Crippen molar-refractivity contribution in [2.45, 2.75) is 105 Å². The van der Waals surface area contributed by atoms with Crippen LogP contribution in [-0.4, -0.2) is 16.0 Å². The summed E-state index contributed by atoms with van der Waals surface area (Å²) in [6.07, 6.45) is 15.4. The van der Waals surface area contributed by atoms with Gasteiger partial charge >= 0.3 is 0 Å². The zero-order valence-corrected chi connectivity index (χ0v) is 21.1. The summed E-state index contributed by atoms with van der Waals surface area (Å²) in [7, 11) is 0. The lowest BCUT2D eigenvalue weighted by atomic mass is 9.60. The third kappa shape index (κ3) is 5.06. The molecule has 0 saturated heterocycles. The van der Waals surface area contributed by atoms with Gasteiger partial charge in [0.2, 0.25) is 0 Å².